The minimum atomic E-state index is -0.361. The van der Waals surface area contributed by atoms with E-state index in [4.69, 9.17) is 10.3 Å². The van der Waals surface area contributed by atoms with Crippen LogP contribution in [0.15, 0.2) is 65.8 Å². The Morgan fingerprint density at radius 2 is 1.73 bits per heavy atom. The maximum absolute atomic E-state index is 11.9. The topological polar surface area (TPSA) is 75.1 Å². The third kappa shape index (κ3) is 4.96. The van der Waals surface area contributed by atoms with Gasteiger partial charge in [-0.2, -0.15) is 0 Å². The number of ether oxygens (including phenoxy) is 1. The van der Waals surface area contributed by atoms with Gasteiger partial charge < -0.3 is 4.74 Å². The molecule has 0 heterocycles. The second-order valence-corrected chi connectivity index (χ2v) is 4.93. The first-order valence-corrected chi connectivity index (χ1v) is 7.06. The van der Waals surface area contributed by atoms with Crippen LogP contribution in [-0.2, 0) is 11.2 Å². The average Bonchev–Trinajstić information content (AvgIpc) is 2.58. The van der Waals surface area contributed by atoms with E-state index in [1.807, 2.05) is 36.4 Å². The minimum Gasteiger partial charge on any atom is -0.462 e. The highest BCUT2D eigenvalue weighted by atomic mass is 16.5. The van der Waals surface area contributed by atoms with E-state index in [0.717, 1.165) is 5.56 Å². The van der Waals surface area contributed by atoms with Crippen LogP contribution in [0, 0.1) is 5.92 Å². The van der Waals surface area contributed by atoms with Gasteiger partial charge in [0.15, 0.2) is 0 Å². The molecular weight excluding hydrogens is 278 g/mol. The third-order valence-electron chi connectivity index (χ3n) is 3.23. The normalized spacial score (nSPS) is 11.3. The molecule has 0 spiro atoms. The Kier molecular flexibility index (Phi) is 6.03. The summed E-state index contributed by atoms with van der Waals surface area (Å²) in [5, 5.41) is 3.61. The highest BCUT2D eigenvalue weighted by molar-refractivity contribution is 5.89. The van der Waals surface area contributed by atoms with Crippen molar-refractivity contribution in [3.8, 4) is 0 Å². The molecule has 112 valence electrons. The van der Waals surface area contributed by atoms with Gasteiger partial charge >= 0.3 is 5.97 Å². The van der Waals surface area contributed by atoms with Gasteiger partial charge in [-0.3, -0.25) is 0 Å². The van der Waals surface area contributed by atoms with Crippen LogP contribution < -0.4 is 0 Å². The average molecular weight is 295 g/mol. The molecule has 0 aliphatic carbocycles. The number of nitrogens with zero attached hydrogens (tertiary/aromatic N) is 3. The van der Waals surface area contributed by atoms with Crippen molar-refractivity contribution in [1.29, 1.82) is 0 Å². The molecular formula is C17H17N3O2. The van der Waals surface area contributed by atoms with Crippen molar-refractivity contribution in [3.05, 3.63) is 82.2 Å². The molecule has 0 bridgehead atoms. The first-order valence-electron chi connectivity index (χ1n) is 7.06. The van der Waals surface area contributed by atoms with E-state index in [2.05, 4.69) is 10.0 Å². The van der Waals surface area contributed by atoms with Gasteiger partial charge in [0.2, 0.25) is 0 Å². The summed E-state index contributed by atoms with van der Waals surface area (Å²) in [7, 11) is 0. The number of azide groups is 1. The van der Waals surface area contributed by atoms with Gasteiger partial charge in [-0.15, -0.1) is 0 Å². The molecule has 22 heavy (non-hydrogen) atoms. The number of carbonyl (C=O) groups excluding carboxylic acids is 1. The zero-order chi connectivity index (χ0) is 15.6. The fraction of sp³-hybridized carbons (Fsp3) is 0.235. The Bertz CT molecular complexity index is 637. The van der Waals surface area contributed by atoms with E-state index in [9.17, 15) is 4.79 Å². The van der Waals surface area contributed by atoms with Gasteiger partial charge in [0.25, 0.3) is 0 Å². The number of hydrogen-bond donors (Lipinski definition) is 0. The van der Waals surface area contributed by atoms with Gasteiger partial charge in [-0.25, -0.2) is 4.79 Å². The van der Waals surface area contributed by atoms with Crippen LogP contribution in [0.2, 0.25) is 0 Å². The van der Waals surface area contributed by atoms with Crippen LogP contribution in [0.4, 0.5) is 0 Å². The quantitative estimate of drug-likeness (QED) is 0.335. The molecule has 0 amide bonds. The molecule has 2 aromatic carbocycles. The van der Waals surface area contributed by atoms with Gasteiger partial charge in [0, 0.05) is 17.4 Å². The molecule has 0 N–H and O–H groups in total. The summed E-state index contributed by atoms with van der Waals surface area (Å²) in [6.45, 7) is 0.523. The van der Waals surface area contributed by atoms with E-state index >= 15 is 0 Å². The molecule has 2 rings (SSSR count). The lowest BCUT2D eigenvalue weighted by Gasteiger charge is -2.15. The smallest absolute Gasteiger partial charge is 0.338 e. The van der Waals surface area contributed by atoms with Crippen LogP contribution in [-0.4, -0.2) is 19.1 Å². The third-order valence-corrected chi connectivity index (χ3v) is 3.23. The SMILES string of the molecule is [N-]=[N+]=NCC(COC(=O)c1ccccc1)Cc1ccccc1. The molecule has 2 aromatic rings. The van der Waals surface area contributed by atoms with Gasteiger partial charge in [0.05, 0.1) is 12.2 Å². The van der Waals surface area contributed by atoms with Crippen LogP contribution in [0.3, 0.4) is 0 Å². The second kappa shape index (κ2) is 8.49. The van der Waals surface area contributed by atoms with Crippen LogP contribution in [0.1, 0.15) is 15.9 Å². The summed E-state index contributed by atoms with van der Waals surface area (Å²) < 4.78 is 5.34. The molecule has 5 nitrogen and oxygen atoms in total. The molecule has 0 saturated carbocycles. The highest BCUT2D eigenvalue weighted by Gasteiger charge is 2.13. The molecule has 0 fully saturated rings. The lowest BCUT2D eigenvalue weighted by molar-refractivity contribution is 0.0443. The molecule has 0 aliphatic rings. The highest BCUT2D eigenvalue weighted by Crippen LogP contribution is 2.11. The number of hydrogen-bond acceptors (Lipinski definition) is 3. The summed E-state index contributed by atoms with van der Waals surface area (Å²) in [5.41, 5.74) is 10.1. The fourth-order valence-electron chi connectivity index (χ4n) is 2.13. The molecule has 1 atom stereocenters. The van der Waals surface area contributed by atoms with Crippen LogP contribution >= 0.6 is 0 Å². The van der Waals surface area contributed by atoms with Crippen molar-refractivity contribution < 1.29 is 9.53 Å². The van der Waals surface area contributed by atoms with Crippen LogP contribution in [0.5, 0.6) is 0 Å². The summed E-state index contributed by atoms with van der Waals surface area (Å²) in [6.07, 6.45) is 0.696. The molecule has 0 aliphatic heterocycles. The van der Waals surface area contributed by atoms with E-state index < -0.39 is 0 Å². The van der Waals surface area contributed by atoms with Crippen molar-refractivity contribution >= 4 is 5.97 Å². The van der Waals surface area contributed by atoms with E-state index in [-0.39, 0.29) is 18.5 Å². The Labute approximate surface area is 129 Å². The Morgan fingerprint density at radius 1 is 1.09 bits per heavy atom. The van der Waals surface area contributed by atoms with Crippen molar-refractivity contribution in [2.75, 3.05) is 13.2 Å². The zero-order valence-corrected chi connectivity index (χ0v) is 12.1. The largest absolute Gasteiger partial charge is 0.462 e. The zero-order valence-electron chi connectivity index (χ0n) is 12.1. The minimum absolute atomic E-state index is 0.0361. The predicted molar refractivity (Wildman–Crippen MR) is 84.4 cm³/mol. The van der Waals surface area contributed by atoms with Gasteiger partial charge in [-0.1, -0.05) is 53.6 Å². The van der Waals surface area contributed by atoms with E-state index in [0.29, 0.717) is 18.5 Å². The first-order chi connectivity index (χ1) is 10.8. The maximum Gasteiger partial charge on any atom is 0.338 e. The summed E-state index contributed by atoms with van der Waals surface area (Å²) in [4.78, 5) is 14.7. The van der Waals surface area contributed by atoms with Crippen molar-refractivity contribution in [1.82, 2.24) is 0 Å². The summed E-state index contributed by atoms with van der Waals surface area (Å²) in [6, 6.07) is 18.7. The molecule has 0 saturated heterocycles. The molecule has 0 aromatic heterocycles. The number of carbonyl (C=O) groups is 1. The Balaban J connectivity index is 1.95. The number of rotatable bonds is 7. The summed E-state index contributed by atoms with van der Waals surface area (Å²) in [5.74, 6) is -0.398. The van der Waals surface area contributed by atoms with Gasteiger partial charge in [-0.05, 0) is 29.6 Å². The van der Waals surface area contributed by atoms with Gasteiger partial charge in [0.1, 0.15) is 0 Å². The predicted octanol–water partition coefficient (Wildman–Crippen LogP) is 4.01. The van der Waals surface area contributed by atoms with Crippen molar-refractivity contribution in [3.63, 3.8) is 0 Å². The monoisotopic (exact) mass is 295 g/mol. The molecule has 5 heteroatoms. The Hall–Kier alpha value is -2.78. The standard InChI is InChI=1S/C17H17N3O2/c18-20-19-12-15(11-14-7-3-1-4-8-14)13-22-17(21)16-9-5-2-6-10-16/h1-10,15H,11-13H2. The fourth-order valence-corrected chi connectivity index (χ4v) is 2.13. The lowest BCUT2D eigenvalue weighted by Crippen LogP contribution is -2.19. The van der Waals surface area contributed by atoms with Crippen molar-refractivity contribution in [2.45, 2.75) is 6.42 Å². The molecule has 0 radical (unpaired) electrons. The lowest BCUT2D eigenvalue weighted by atomic mass is 10.0. The number of benzene rings is 2. The van der Waals surface area contributed by atoms with Crippen molar-refractivity contribution in [2.24, 2.45) is 11.0 Å². The number of esters is 1. The maximum atomic E-state index is 11.9. The Morgan fingerprint density at radius 3 is 2.36 bits per heavy atom. The molecule has 1 unspecified atom stereocenters. The van der Waals surface area contributed by atoms with Crippen LogP contribution in [0.25, 0.3) is 10.4 Å². The summed E-state index contributed by atoms with van der Waals surface area (Å²) >= 11 is 0. The van der Waals surface area contributed by atoms with E-state index in [1.165, 1.54) is 0 Å². The first kappa shape index (κ1) is 15.6. The second-order valence-electron chi connectivity index (χ2n) is 4.93. The van der Waals surface area contributed by atoms with E-state index in [1.54, 1.807) is 24.3 Å².